The molecule has 2 aliphatic rings. The summed E-state index contributed by atoms with van der Waals surface area (Å²) >= 11 is 0. The molecule has 0 bridgehead atoms. The molecule has 1 aromatic carbocycles. The van der Waals surface area contributed by atoms with Gasteiger partial charge in [0.2, 0.25) is 0 Å². The second-order valence-electron chi connectivity index (χ2n) is 8.59. The molecule has 1 N–H and O–H groups in total. The summed E-state index contributed by atoms with van der Waals surface area (Å²) in [6.07, 6.45) is 3.81. The molecule has 4 rings (SSSR count). The fourth-order valence-electron chi connectivity index (χ4n) is 4.81. The Labute approximate surface area is 204 Å². The van der Waals surface area contributed by atoms with E-state index in [1.54, 1.807) is 73.5 Å². The number of aliphatic hydroxyl groups excluding tert-OH is 1. The minimum Gasteiger partial charge on any atom is -0.507 e. The van der Waals surface area contributed by atoms with E-state index in [2.05, 4.69) is 4.98 Å². The maximum Gasteiger partial charge on any atom is 0.409 e. The first-order valence-electron chi connectivity index (χ1n) is 11.6. The third kappa shape index (κ3) is 4.58. The molecule has 3 heterocycles. The van der Waals surface area contributed by atoms with Crippen molar-refractivity contribution in [1.82, 2.24) is 14.8 Å². The molecule has 0 radical (unpaired) electrons. The van der Waals surface area contributed by atoms with Gasteiger partial charge in [-0.1, -0.05) is 6.07 Å². The number of carbonyl (C=O) groups is 3. The Morgan fingerprint density at radius 1 is 1.20 bits per heavy atom. The largest absolute Gasteiger partial charge is 0.507 e. The number of aryl methyl sites for hydroxylation is 1. The lowest BCUT2D eigenvalue weighted by atomic mass is 9.93. The quantitative estimate of drug-likeness (QED) is 0.397. The molecule has 2 aliphatic heterocycles. The number of carbonyl (C=O) groups excluding carboxylic acids is 3. The zero-order valence-corrected chi connectivity index (χ0v) is 20.1. The number of aliphatic hydroxyl groups is 1. The van der Waals surface area contributed by atoms with E-state index in [-0.39, 0.29) is 23.5 Å². The van der Waals surface area contributed by atoms with E-state index in [1.165, 1.54) is 0 Å². The lowest BCUT2D eigenvalue weighted by Gasteiger charge is -2.38. The van der Waals surface area contributed by atoms with Gasteiger partial charge in [-0.2, -0.15) is 0 Å². The van der Waals surface area contributed by atoms with Gasteiger partial charge in [0.15, 0.2) is 0 Å². The highest BCUT2D eigenvalue weighted by molar-refractivity contribution is 6.46. The summed E-state index contributed by atoms with van der Waals surface area (Å²) in [6, 6.07) is 7.58. The normalized spacial score (nSPS) is 20.3. The molecule has 0 aliphatic carbocycles. The van der Waals surface area contributed by atoms with Crippen LogP contribution in [0.15, 0.2) is 48.3 Å². The van der Waals surface area contributed by atoms with Crippen molar-refractivity contribution in [2.45, 2.75) is 38.8 Å². The topological polar surface area (TPSA) is 109 Å². The van der Waals surface area contributed by atoms with E-state index in [1.807, 2.05) is 0 Å². The Bertz CT molecular complexity index is 1150. The molecule has 0 saturated carbocycles. The number of piperidine rings is 1. The highest BCUT2D eigenvalue weighted by Crippen LogP contribution is 2.42. The summed E-state index contributed by atoms with van der Waals surface area (Å²) in [5.74, 6) is -1.01. The number of nitrogens with zero attached hydrogens (tertiary/aromatic N) is 3. The van der Waals surface area contributed by atoms with Crippen molar-refractivity contribution >= 4 is 23.5 Å². The van der Waals surface area contributed by atoms with Crippen molar-refractivity contribution in [2.75, 3.05) is 26.8 Å². The van der Waals surface area contributed by atoms with Gasteiger partial charge in [0.1, 0.15) is 11.5 Å². The molecule has 1 unspecified atom stereocenters. The van der Waals surface area contributed by atoms with Crippen LogP contribution in [0.5, 0.6) is 5.75 Å². The lowest BCUT2D eigenvalue weighted by Crippen LogP contribution is -2.48. The van der Waals surface area contributed by atoms with Crippen LogP contribution in [-0.4, -0.2) is 70.5 Å². The summed E-state index contributed by atoms with van der Waals surface area (Å²) in [4.78, 5) is 46.1. The predicted octanol–water partition coefficient (Wildman–Crippen LogP) is 3.44. The van der Waals surface area contributed by atoms with E-state index >= 15 is 0 Å². The van der Waals surface area contributed by atoms with E-state index < -0.39 is 17.7 Å². The number of hydrogen-bond acceptors (Lipinski definition) is 7. The Morgan fingerprint density at radius 2 is 1.94 bits per heavy atom. The minimum absolute atomic E-state index is 0.0316. The van der Waals surface area contributed by atoms with Gasteiger partial charge in [-0.25, -0.2) is 4.79 Å². The Morgan fingerprint density at radius 3 is 2.54 bits per heavy atom. The summed E-state index contributed by atoms with van der Waals surface area (Å²) in [5.41, 5.74) is 1.83. The van der Waals surface area contributed by atoms with Gasteiger partial charge in [0.25, 0.3) is 11.7 Å². The van der Waals surface area contributed by atoms with Crippen LogP contribution >= 0.6 is 0 Å². The van der Waals surface area contributed by atoms with Crippen LogP contribution in [0.25, 0.3) is 5.76 Å². The second-order valence-corrected chi connectivity index (χ2v) is 8.59. The molecule has 1 atom stereocenters. The molecule has 2 fully saturated rings. The van der Waals surface area contributed by atoms with Gasteiger partial charge in [0.05, 0.1) is 25.3 Å². The fourth-order valence-corrected chi connectivity index (χ4v) is 4.81. The van der Waals surface area contributed by atoms with Crippen molar-refractivity contribution in [3.63, 3.8) is 0 Å². The van der Waals surface area contributed by atoms with E-state index in [0.29, 0.717) is 55.0 Å². The van der Waals surface area contributed by atoms with Gasteiger partial charge >= 0.3 is 6.09 Å². The Kier molecular flexibility index (Phi) is 7.04. The molecule has 2 saturated heterocycles. The van der Waals surface area contributed by atoms with E-state index in [0.717, 1.165) is 0 Å². The molecule has 35 heavy (non-hydrogen) atoms. The summed E-state index contributed by atoms with van der Waals surface area (Å²) < 4.78 is 10.3. The van der Waals surface area contributed by atoms with Crippen LogP contribution in [0.4, 0.5) is 4.79 Å². The Hall–Kier alpha value is -3.88. The van der Waals surface area contributed by atoms with Crippen molar-refractivity contribution < 1.29 is 29.0 Å². The summed E-state index contributed by atoms with van der Waals surface area (Å²) in [7, 11) is 1.55. The number of ether oxygens (including phenoxy) is 2. The van der Waals surface area contributed by atoms with Crippen LogP contribution < -0.4 is 4.74 Å². The van der Waals surface area contributed by atoms with Gasteiger partial charge < -0.3 is 24.4 Å². The number of Topliss-reactive ketones (excluding diaryl/α,β-unsaturated/α-hetero) is 1. The predicted molar refractivity (Wildman–Crippen MR) is 128 cm³/mol. The van der Waals surface area contributed by atoms with Crippen molar-refractivity contribution in [3.8, 4) is 5.75 Å². The zero-order chi connectivity index (χ0) is 25.1. The van der Waals surface area contributed by atoms with Crippen LogP contribution in [0.1, 0.15) is 42.5 Å². The third-order valence-electron chi connectivity index (χ3n) is 6.55. The molecule has 2 amide bonds. The maximum atomic E-state index is 13.3. The van der Waals surface area contributed by atoms with Gasteiger partial charge in [-0.3, -0.25) is 14.6 Å². The first kappa shape index (κ1) is 24.3. The number of amides is 2. The number of pyridine rings is 1. The van der Waals surface area contributed by atoms with Crippen molar-refractivity contribution in [3.05, 3.63) is 65.0 Å². The first-order valence-corrected chi connectivity index (χ1v) is 11.6. The number of ketones is 1. The number of likely N-dealkylation sites (tertiary alicyclic amines) is 2. The molecule has 9 nitrogen and oxygen atoms in total. The highest BCUT2D eigenvalue weighted by atomic mass is 16.6. The number of methoxy groups -OCH3 is 1. The first-order chi connectivity index (χ1) is 16.9. The van der Waals surface area contributed by atoms with E-state index in [4.69, 9.17) is 9.47 Å². The van der Waals surface area contributed by atoms with Crippen molar-refractivity contribution in [2.24, 2.45) is 0 Å². The lowest BCUT2D eigenvalue weighted by molar-refractivity contribution is -0.142. The van der Waals surface area contributed by atoms with Crippen molar-refractivity contribution in [1.29, 1.82) is 0 Å². The molecule has 184 valence electrons. The SMILES string of the molecule is CCOC(=O)N1CCC(N2C(=O)C(=O)/C(=C(/O)c3ccc(OC)cc3C)C2c2cccnc2)CC1. The summed E-state index contributed by atoms with van der Waals surface area (Å²) in [5, 5.41) is 11.3. The molecular weight excluding hydrogens is 450 g/mol. The zero-order valence-electron chi connectivity index (χ0n) is 20.1. The highest BCUT2D eigenvalue weighted by Gasteiger charge is 2.49. The maximum absolute atomic E-state index is 13.3. The molecule has 9 heteroatoms. The Balaban J connectivity index is 1.74. The van der Waals surface area contributed by atoms with Crippen LogP contribution in [0.2, 0.25) is 0 Å². The van der Waals surface area contributed by atoms with Crippen LogP contribution in [0, 0.1) is 6.92 Å². The van der Waals surface area contributed by atoms with E-state index in [9.17, 15) is 19.5 Å². The third-order valence-corrected chi connectivity index (χ3v) is 6.55. The van der Waals surface area contributed by atoms with Gasteiger partial charge in [-0.05, 0) is 62.1 Å². The smallest absolute Gasteiger partial charge is 0.409 e. The van der Waals surface area contributed by atoms with Gasteiger partial charge in [0, 0.05) is 37.1 Å². The number of hydrogen-bond donors (Lipinski definition) is 1. The number of benzene rings is 1. The average Bonchev–Trinajstić information content (AvgIpc) is 3.14. The minimum atomic E-state index is -0.788. The standard InChI is InChI=1S/C26H29N3O6/c1-4-35-26(33)28-12-9-18(10-13-28)29-22(17-6-5-11-27-15-17)21(24(31)25(29)32)23(30)20-8-7-19(34-3)14-16(20)2/h5-8,11,14-15,18,22,30H,4,9-10,12-13H2,1-3H3/b23-21+. The monoisotopic (exact) mass is 479 g/mol. The van der Waals surface area contributed by atoms with Crippen LogP contribution in [-0.2, 0) is 14.3 Å². The molecule has 1 aromatic heterocycles. The molecular formula is C26H29N3O6. The fraction of sp³-hybridized carbons (Fsp3) is 0.385. The second kappa shape index (κ2) is 10.2. The number of rotatable bonds is 5. The van der Waals surface area contributed by atoms with Gasteiger partial charge in [-0.15, -0.1) is 0 Å². The average molecular weight is 480 g/mol. The summed E-state index contributed by atoms with van der Waals surface area (Å²) in [6.45, 7) is 4.66. The molecule has 0 spiro atoms. The number of aromatic nitrogens is 1. The molecule has 2 aromatic rings. The van der Waals surface area contributed by atoms with Crippen LogP contribution in [0.3, 0.4) is 0 Å².